The number of sulfone groups is 1. The number of rotatable bonds is 6. The SMILES string of the molecule is CCn1cc(CNc2ccccc2S(=O)(=O)C(F)F)cn1. The minimum absolute atomic E-state index is 0.155. The maximum absolute atomic E-state index is 12.7. The second kappa shape index (κ2) is 6.21. The molecule has 0 aliphatic heterocycles. The molecule has 1 aromatic carbocycles. The summed E-state index contributed by atoms with van der Waals surface area (Å²) in [4.78, 5) is -0.400. The number of aryl methyl sites for hydroxylation is 1. The van der Waals surface area contributed by atoms with Gasteiger partial charge in [-0.1, -0.05) is 12.1 Å². The first-order valence-corrected chi connectivity index (χ1v) is 7.86. The van der Waals surface area contributed by atoms with E-state index in [1.165, 1.54) is 18.2 Å². The molecular weight excluding hydrogens is 300 g/mol. The molecule has 0 amide bonds. The third-order valence-corrected chi connectivity index (χ3v) is 4.36. The monoisotopic (exact) mass is 315 g/mol. The summed E-state index contributed by atoms with van der Waals surface area (Å²) >= 11 is 0. The van der Waals surface area contributed by atoms with Crippen LogP contribution in [0.1, 0.15) is 12.5 Å². The molecule has 5 nitrogen and oxygen atoms in total. The Kier molecular flexibility index (Phi) is 4.56. The molecule has 0 aliphatic carbocycles. The number of anilines is 1. The number of halogens is 2. The molecule has 21 heavy (non-hydrogen) atoms. The Morgan fingerprint density at radius 3 is 2.67 bits per heavy atom. The number of aromatic nitrogens is 2. The molecule has 0 atom stereocenters. The Balaban J connectivity index is 2.21. The number of benzene rings is 1. The Morgan fingerprint density at radius 1 is 1.33 bits per heavy atom. The molecule has 1 N–H and O–H groups in total. The van der Waals surface area contributed by atoms with Gasteiger partial charge in [0, 0.05) is 24.8 Å². The third kappa shape index (κ3) is 3.38. The highest BCUT2D eigenvalue weighted by molar-refractivity contribution is 7.91. The lowest BCUT2D eigenvalue weighted by Crippen LogP contribution is -2.14. The highest BCUT2D eigenvalue weighted by Gasteiger charge is 2.28. The van der Waals surface area contributed by atoms with Crippen molar-refractivity contribution in [2.24, 2.45) is 0 Å². The normalized spacial score (nSPS) is 11.8. The molecule has 8 heteroatoms. The van der Waals surface area contributed by atoms with Gasteiger partial charge in [0.05, 0.1) is 16.8 Å². The molecule has 2 aromatic rings. The maximum Gasteiger partial charge on any atom is 0.341 e. The predicted molar refractivity (Wildman–Crippen MR) is 74.9 cm³/mol. The first-order chi connectivity index (χ1) is 9.95. The molecular formula is C13H15F2N3O2S. The van der Waals surface area contributed by atoms with Gasteiger partial charge in [0.25, 0.3) is 0 Å². The number of nitrogens with zero attached hydrogens (tertiary/aromatic N) is 2. The van der Waals surface area contributed by atoms with Crippen LogP contribution < -0.4 is 5.32 Å². The second-order valence-corrected chi connectivity index (χ2v) is 6.25. The zero-order chi connectivity index (χ0) is 15.5. The van der Waals surface area contributed by atoms with Crippen LogP contribution in [-0.4, -0.2) is 24.0 Å². The van der Waals surface area contributed by atoms with Gasteiger partial charge < -0.3 is 5.32 Å². The van der Waals surface area contributed by atoms with Crippen molar-refractivity contribution in [1.82, 2.24) is 9.78 Å². The second-order valence-electron chi connectivity index (χ2n) is 4.36. The third-order valence-electron chi connectivity index (χ3n) is 2.92. The van der Waals surface area contributed by atoms with Crippen molar-refractivity contribution in [2.75, 3.05) is 5.32 Å². The summed E-state index contributed by atoms with van der Waals surface area (Å²) in [6, 6.07) is 5.62. The predicted octanol–water partition coefficient (Wildman–Crippen LogP) is 2.51. The van der Waals surface area contributed by atoms with Crippen LogP contribution in [0.15, 0.2) is 41.6 Å². The zero-order valence-electron chi connectivity index (χ0n) is 11.3. The molecule has 0 aliphatic rings. The van der Waals surface area contributed by atoms with Gasteiger partial charge in [-0.2, -0.15) is 13.9 Å². The molecule has 1 heterocycles. The molecule has 1 aromatic heterocycles. The van der Waals surface area contributed by atoms with Crippen LogP contribution in [0.5, 0.6) is 0 Å². The van der Waals surface area contributed by atoms with Crippen molar-refractivity contribution in [3.63, 3.8) is 0 Å². The first kappa shape index (κ1) is 15.4. The van der Waals surface area contributed by atoms with Crippen molar-refractivity contribution < 1.29 is 17.2 Å². The van der Waals surface area contributed by atoms with Crippen LogP contribution in [0.3, 0.4) is 0 Å². The summed E-state index contributed by atoms with van der Waals surface area (Å²) in [5.41, 5.74) is 0.989. The molecule has 2 rings (SSSR count). The maximum atomic E-state index is 12.7. The largest absolute Gasteiger partial charge is 0.380 e. The van der Waals surface area contributed by atoms with Crippen LogP contribution in [-0.2, 0) is 22.9 Å². The lowest BCUT2D eigenvalue weighted by atomic mass is 10.3. The van der Waals surface area contributed by atoms with Crippen LogP contribution >= 0.6 is 0 Å². The van der Waals surface area contributed by atoms with E-state index in [-0.39, 0.29) is 5.69 Å². The van der Waals surface area contributed by atoms with E-state index in [0.717, 1.165) is 12.1 Å². The summed E-state index contributed by atoms with van der Waals surface area (Å²) < 4.78 is 50.3. The van der Waals surface area contributed by atoms with Gasteiger partial charge in [-0.25, -0.2) is 8.42 Å². The average molecular weight is 315 g/mol. The lowest BCUT2D eigenvalue weighted by molar-refractivity contribution is 0.235. The summed E-state index contributed by atoms with van der Waals surface area (Å²) in [5.74, 6) is -3.44. The Hall–Kier alpha value is -1.96. The van der Waals surface area contributed by atoms with E-state index >= 15 is 0 Å². The van der Waals surface area contributed by atoms with Gasteiger partial charge in [-0.3, -0.25) is 4.68 Å². The quantitative estimate of drug-likeness (QED) is 0.889. The van der Waals surface area contributed by atoms with Gasteiger partial charge in [0.1, 0.15) is 0 Å². The molecule has 0 saturated heterocycles. The van der Waals surface area contributed by atoms with Crippen molar-refractivity contribution in [3.05, 3.63) is 42.2 Å². The Labute approximate surface area is 121 Å². The highest BCUT2D eigenvalue weighted by Crippen LogP contribution is 2.26. The Bertz CT molecular complexity index is 714. The smallest absolute Gasteiger partial charge is 0.341 e. The standard InChI is InChI=1S/C13H15F2N3O2S/c1-2-18-9-10(8-17-18)7-16-11-5-3-4-6-12(11)21(19,20)13(14)15/h3-6,8-9,13,16H,2,7H2,1H3. The molecule has 0 spiro atoms. The van der Waals surface area contributed by atoms with E-state index < -0.39 is 20.5 Å². The lowest BCUT2D eigenvalue weighted by Gasteiger charge is -2.11. The van der Waals surface area contributed by atoms with Crippen molar-refractivity contribution >= 4 is 15.5 Å². The molecule has 0 fully saturated rings. The van der Waals surface area contributed by atoms with Crippen LogP contribution in [0, 0.1) is 0 Å². The van der Waals surface area contributed by atoms with Crippen LogP contribution in [0.25, 0.3) is 0 Å². The van der Waals surface area contributed by atoms with E-state index in [1.54, 1.807) is 23.1 Å². The average Bonchev–Trinajstić information content (AvgIpc) is 2.93. The van der Waals surface area contributed by atoms with Gasteiger partial charge >= 0.3 is 5.76 Å². The first-order valence-electron chi connectivity index (χ1n) is 6.31. The molecule has 0 radical (unpaired) electrons. The van der Waals surface area contributed by atoms with Crippen molar-refractivity contribution in [2.45, 2.75) is 30.7 Å². The van der Waals surface area contributed by atoms with Crippen LogP contribution in [0.4, 0.5) is 14.5 Å². The topological polar surface area (TPSA) is 64.0 Å². The van der Waals surface area contributed by atoms with Gasteiger partial charge in [0.15, 0.2) is 0 Å². The number of nitrogens with one attached hydrogen (secondary N) is 1. The molecule has 114 valence electrons. The fourth-order valence-electron chi connectivity index (χ4n) is 1.82. The van der Waals surface area contributed by atoms with E-state index in [9.17, 15) is 17.2 Å². The Morgan fingerprint density at radius 2 is 2.05 bits per heavy atom. The fourth-order valence-corrected chi connectivity index (χ4v) is 2.73. The van der Waals surface area contributed by atoms with E-state index in [4.69, 9.17) is 0 Å². The minimum atomic E-state index is -4.63. The van der Waals surface area contributed by atoms with Crippen molar-refractivity contribution in [3.8, 4) is 0 Å². The van der Waals surface area contributed by atoms with E-state index in [0.29, 0.717) is 6.54 Å². The van der Waals surface area contributed by atoms with Gasteiger partial charge in [-0.05, 0) is 19.1 Å². The minimum Gasteiger partial charge on any atom is -0.380 e. The number of hydrogen-bond acceptors (Lipinski definition) is 4. The van der Waals surface area contributed by atoms with Gasteiger partial charge in [-0.15, -0.1) is 0 Å². The fraction of sp³-hybridized carbons (Fsp3) is 0.308. The number of para-hydroxylation sites is 1. The van der Waals surface area contributed by atoms with Crippen LogP contribution in [0.2, 0.25) is 0 Å². The summed E-state index contributed by atoms with van der Waals surface area (Å²) in [6.07, 6.45) is 3.44. The molecule has 0 bridgehead atoms. The summed E-state index contributed by atoms with van der Waals surface area (Å²) in [7, 11) is -4.63. The van der Waals surface area contributed by atoms with E-state index in [1.807, 2.05) is 6.92 Å². The summed E-state index contributed by atoms with van der Waals surface area (Å²) in [5, 5.41) is 6.95. The molecule has 0 unspecified atom stereocenters. The van der Waals surface area contributed by atoms with E-state index in [2.05, 4.69) is 10.4 Å². The zero-order valence-corrected chi connectivity index (χ0v) is 12.1. The van der Waals surface area contributed by atoms with Gasteiger partial charge in [0.2, 0.25) is 9.84 Å². The van der Waals surface area contributed by atoms with Crippen molar-refractivity contribution in [1.29, 1.82) is 0 Å². The molecule has 0 saturated carbocycles. The highest BCUT2D eigenvalue weighted by atomic mass is 32.2. The number of alkyl halides is 2. The summed E-state index contributed by atoms with van der Waals surface area (Å²) in [6.45, 7) is 2.96. The number of hydrogen-bond donors (Lipinski definition) is 1.